The Bertz CT molecular complexity index is 443. The molecule has 0 bridgehead atoms. The normalized spacial score (nSPS) is 11.6. The number of anilines is 1. The number of methoxy groups -OCH3 is 1. The molecule has 1 rings (SSSR count). The lowest BCUT2D eigenvalue weighted by Crippen LogP contribution is -2.32. The molecule has 0 aliphatic carbocycles. The van der Waals surface area contributed by atoms with Gasteiger partial charge in [-0.3, -0.25) is 0 Å². The molecule has 1 aromatic heterocycles. The highest BCUT2D eigenvalue weighted by molar-refractivity contribution is 5.80. The summed E-state index contributed by atoms with van der Waals surface area (Å²) in [7, 11) is 1.51. The minimum atomic E-state index is -0.768. The van der Waals surface area contributed by atoms with E-state index in [0.29, 0.717) is 13.2 Å². The molecular weight excluding hydrogens is 258 g/mol. The van der Waals surface area contributed by atoms with Gasteiger partial charge >= 0.3 is 0 Å². The minimum Gasteiger partial charge on any atom is -0.409 e. The molecule has 0 saturated heterocycles. The van der Waals surface area contributed by atoms with Crippen LogP contribution in [0.15, 0.2) is 17.4 Å². The predicted molar refractivity (Wildman–Crippen MR) is 66.3 cm³/mol. The quantitative estimate of drug-likeness (QED) is 0.335. The van der Waals surface area contributed by atoms with E-state index in [-0.39, 0.29) is 24.6 Å². The maximum absolute atomic E-state index is 13.6. The largest absolute Gasteiger partial charge is 0.409 e. The van der Waals surface area contributed by atoms with Crippen molar-refractivity contribution in [2.45, 2.75) is 6.42 Å². The molecule has 0 saturated carbocycles. The zero-order valence-corrected chi connectivity index (χ0v) is 10.5. The van der Waals surface area contributed by atoms with Crippen LogP contribution >= 0.6 is 0 Å². The Hall–Kier alpha value is -1.96. The van der Waals surface area contributed by atoms with Crippen molar-refractivity contribution in [2.24, 2.45) is 10.9 Å². The Morgan fingerprint density at radius 1 is 1.53 bits per heavy atom. The van der Waals surface area contributed by atoms with Crippen LogP contribution in [0.25, 0.3) is 0 Å². The van der Waals surface area contributed by atoms with Gasteiger partial charge in [-0.15, -0.1) is 0 Å². The Morgan fingerprint density at radius 3 is 2.84 bits per heavy atom. The van der Waals surface area contributed by atoms with Crippen LogP contribution in [0.2, 0.25) is 0 Å². The molecule has 8 heteroatoms. The zero-order chi connectivity index (χ0) is 14.3. The molecule has 1 heterocycles. The van der Waals surface area contributed by atoms with Crippen LogP contribution in [0.4, 0.5) is 14.6 Å². The van der Waals surface area contributed by atoms with E-state index in [1.807, 2.05) is 0 Å². The highest BCUT2D eigenvalue weighted by Crippen LogP contribution is 2.16. The number of halogens is 2. The summed E-state index contributed by atoms with van der Waals surface area (Å²) in [5.74, 6) is -1.49. The number of hydrogen-bond donors (Lipinski definition) is 2. The maximum Gasteiger partial charge on any atom is 0.168 e. The number of pyridine rings is 1. The third-order valence-corrected chi connectivity index (χ3v) is 2.42. The Morgan fingerprint density at radius 2 is 2.26 bits per heavy atom. The highest BCUT2D eigenvalue weighted by Gasteiger charge is 2.14. The maximum atomic E-state index is 13.6. The summed E-state index contributed by atoms with van der Waals surface area (Å²) in [5.41, 5.74) is 5.36. The lowest BCUT2D eigenvalue weighted by atomic mass is 10.3. The summed E-state index contributed by atoms with van der Waals surface area (Å²) < 4.78 is 31.4. The molecule has 6 nitrogen and oxygen atoms in total. The first-order chi connectivity index (χ1) is 9.08. The van der Waals surface area contributed by atoms with Gasteiger partial charge in [0.2, 0.25) is 0 Å². The van der Waals surface area contributed by atoms with Crippen LogP contribution in [0, 0.1) is 11.6 Å². The van der Waals surface area contributed by atoms with Gasteiger partial charge in [0, 0.05) is 32.7 Å². The molecule has 106 valence electrons. The smallest absolute Gasteiger partial charge is 0.168 e. The van der Waals surface area contributed by atoms with E-state index in [2.05, 4.69) is 10.1 Å². The molecule has 19 heavy (non-hydrogen) atoms. The van der Waals surface area contributed by atoms with Gasteiger partial charge in [0.1, 0.15) is 11.7 Å². The lowest BCUT2D eigenvalue weighted by molar-refractivity contribution is 0.205. The SMILES string of the molecule is COCCN(CCC(N)=NO)c1ncc(F)cc1F. The molecule has 0 unspecified atom stereocenters. The molecule has 0 aliphatic rings. The zero-order valence-electron chi connectivity index (χ0n) is 10.5. The second kappa shape index (κ2) is 7.47. The van der Waals surface area contributed by atoms with Crippen molar-refractivity contribution in [1.29, 1.82) is 0 Å². The van der Waals surface area contributed by atoms with Crippen molar-refractivity contribution in [3.8, 4) is 0 Å². The highest BCUT2D eigenvalue weighted by atomic mass is 19.1. The van der Waals surface area contributed by atoms with E-state index in [1.165, 1.54) is 12.0 Å². The molecule has 0 amide bonds. The van der Waals surface area contributed by atoms with Gasteiger partial charge in [-0.2, -0.15) is 0 Å². The van der Waals surface area contributed by atoms with Crippen LogP contribution < -0.4 is 10.6 Å². The second-order valence-electron chi connectivity index (χ2n) is 3.78. The van der Waals surface area contributed by atoms with Crippen LogP contribution in [0.1, 0.15) is 6.42 Å². The average Bonchev–Trinajstić information content (AvgIpc) is 2.39. The molecule has 0 radical (unpaired) electrons. The fraction of sp³-hybridized carbons (Fsp3) is 0.455. The molecular formula is C11H16F2N4O2. The summed E-state index contributed by atoms with van der Waals surface area (Å²) in [5, 5.41) is 11.3. The number of rotatable bonds is 7. The number of nitrogens with two attached hydrogens (primary N) is 1. The van der Waals surface area contributed by atoms with Gasteiger partial charge in [0.05, 0.1) is 12.8 Å². The molecule has 0 fully saturated rings. The first-order valence-electron chi connectivity index (χ1n) is 5.59. The summed E-state index contributed by atoms with van der Waals surface area (Å²) in [6, 6.07) is 0.756. The van der Waals surface area contributed by atoms with Crippen molar-refractivity contribution in [3.63, 3.8) is 0 Å². The molecule has 0 aromatic carbocycles. The fourth-order valence-electron chi connectivity index (χ4n) is 1.46. The predicted octanol–water partition coefficient (Wildman–Crippen LogP) is 0.949. The molecule has 3 N–H and O–H groups in total. The number of oxime groups is 1. The van der Waals surface area contributed by atoms with Crippen molar-refractivity contribution in [2.75, 3.05) is 31.7 Å². The summed E-state index contributed by atoms with van der Waals surface area (Å²) in [4.78, 5) is 5.25. The average molecular weight is 274 g/mol. The van der Waals surface area contributed by atoms with Gasteiger partial charge in [-0.25, -0.2) is 13.8 Å². The van der Waals surface area contributed by atoms with Gasteiger partial charge in [-0.1, -0.05) is 5.16 Å². The van der Waals surface area contributed by atoms with Crippen LogP contribution in [0.3, 0.4) is 0 Å². The standard InChI is InChI=1S/C11H16F2N4O2/c1-19-5-4-17(3-2-10(14)16-18)11-9(13)6-8(12)7-15-11/h6-7,18H,2-5H2,1H3,(H2,14,16). The molecule has 0 atom stereocenters. The summed E-state index contributed by atoms with van der Waals surface area (Å²) >= 11 is 0. The Balaban J connectivity index is 2.82. The van der Waals surface area contributed by atoms with E-state index >= 15 is 0 Å². The number of nitrogens with zero attached hydrogens (tertiary/aromatic N) is 3. The van der Waals surface area contributed by atoms with Gasteiger partial charge < -0.3 is 20.6 Å². The van der Waals surface area contributed by atoms with Crippen LogP contribution in [-0.4, -0.2) is 42.8 Å². The van der Waals surface area contributed by atoms with Crippen molar-refractivity contribution in [1.82, 2.24) is 4.98 Å². The first kappa shape index (κ1) is 15.1. The minimum absolute atomic E-state index is 0.00388. The van der Waals surface area contributed by atoms with E-state index in [0.717, 1.165) is 12.3 Å². The molecule has 0 aliphatic heterocycles. The van der Waals surface area contributed by atoms with Crippen LogP contribution in [-0.2, 0) is 4.74 Å². The third kappa shape index (κ3) is 4.66. The second-order valence-corrected chi connectivity index (χ2v) is 3.78. The number of amidine groups is 1. The van der Waals surface area contributed by atoms with Gasteiger partial charge in [-0.05, 0) is 0 Å². The van der Waals surface area contributed by atoms with Crippen molar-refractivity contribution >= 4 is 11.7 Å². The summed E-state index contributed by atoms with van der Waals surface area (Å²) in [6.45, 7) is 0.967. The van der Waals surface area contributed by atoms with E-state index in [9.17, 15) is 8.78 Å². The summed E-state index contributed by atoms with van der Waals surface area (Å²) in [6.07, 6.45) is 1.15. The van der Waals surface area contributed by atoms with Crippen molar-refractivity contribution < 1.29 is 18.7 Å². The lowest BCUT2D eigenvalue weighted by Gasteiger charge is -2.23. The number of hydrogen-bond acceptors (Lipinski definition) is 5. The Labute approximate surface area is 109 Å². The van der Waals surface area contributed by atoms with Crippen LogP contribution in [0.5, 0.6) is 0 Å². The van der Waals surface area contributed by atoms with Crippen molar-refractivity contribution in [3.05, 3.63) is 23.9 Å². The van der Waals surface area contributed by atoms with E-state index in [1.54, 1.807) is 0 Å². The third-order valence-electron chi connectivity index (χ3n) is 2.42. The number of aromatic nitrogens is 1. The molecule has 1 aromatic rings. The topological polar surface area (TPSA) is 84.0 Å². The molecule has 0 spiro atoms. The monoisotopic (exact) mass is 274 g/mol. The number of ether oxygens (including phenoxy) is 1. The van der Waals surface area contributed by atoms with E-state index in [4.69, 9.17) is 15.7 Å². The van der Waals surface area contributed by atoms with Gasteiger partial charge in [0.25, 0.3) is 0 Å². The van der Waals surface area contributed by atoms with E-state index < -0.39 is 11.6 Å². The first-order valence-corrected chi connectivity index (χ1v) is 5.59. The fourth-order valence-corrected chi connectivity index (χ4v) is 1.46. The van der Waals surface area contributed by atoms with Gasteiger partial charge in [0.15, 0.2) is 11.6 Å². The Kier molecular flexibility index (Phi) is 5.94.